The van der Waals surface area contributed by atoms with Crippen LogP contribution in [0.1, 0.15) is 5.56 Å². The number of hydrogen-bond acceptors (Lipinski definition) is 6. The van der Waals surface area contributed by atoms with E-state index in [9.17, 15) is 8.42 Å². The Morgan fingerprint density at radius 3 is 2.31 bits per heavy atom. The van der Waals surface area contributed by atoms with E-state index in [4.69, 9.17) is 14.5 Å². The van der Waals surface area contributed by atoms with Crippen LogP contribution in [0.15, 0.2) is 77.0 Å². The molecule has 0 amide bonds. The van der Waals surface area contributed by atoms with Crippen molar-refractivity contribution >= 4 is 27.0 Å². The predicted molar refractivity (Wildman–Crippen MR) is 128 cm³/mol. The molecule has 6 nitrogen and oxygen atoms in total. The van der Waals surface area contributed by atoms with Crippen LogP contribution in [0, 0.1) is 6.92 Å². The quantitative estimate of drug-likeness (QED) is 0.383. The van der Waals surface area contributed by atoms with Crippen LogP contribution in [0.4, 0.5) is 5.69 Å². The lowest BCUT2D eigenvalue weighted by Crippen LogP contribution is -2.13. The molecule has 0 aliphatic rings. The van der Waals surface area contributed by atoms with E-state index >= 15 is 0 Å². The third kappa shape index (κ3) is 4.46. The maximum absolute atomic E-state index is 12.8. The zero-order chi connectivity index (χ0) is 22.7. The lowest BCUT2D eigenvalue weighted by atomic mass is 10.1. The first kappa shape index (κ1) is 21.9. The van der Waals surface area contributed by atoms with Crippen LogP contribution in [-0.2, 0) is 10.0 Å². The van der Waals surface area contributed by atoms with Gasteiger partial charge >= 0.3 is 0 Å². The van der Waals surface area contributed by atoms with Crippen molar-refractivity contribution in [3.8, 4) is 33.3 Å². The number of rotatable bonds is 7. The molecule has 0 aliphatic heterocycles. The standard InChI is InChI=1S/C24H22N2O4S2/c1-16-6-4-5-7-20(16)24-25-21(15-31-24)17-8-10-18(11-9-17)26-32(27,28)19-12-13-22(29-2)23(14-19)30-3/h4-15,26H,1-3H3. The second-order valence-electron chi connectivity index (χ2n) is 7.05. The summed E-state index contributed by atoms with van der Waals surface area (Å²) in [6, 6.07) is 19.7. The summed E-state index contributed by atoms with van der Waals surface area (Å²) in [4.78, 5) is 4.84. The number of sulfonamides is 1. The number of ether oxygens (including phenoxy) is 2. The molecule has 1 N–H and O–H groups in total. The Kier molecular flexibility index (Phi) is 6.16. The number of aryl methyl sites for hydroxylation is 1. The third-order valence-electron chi connectivity index (χ3n) is 4.98. The monoisotopic (exact) mass is 466 g/mol. The highest BCUT2D eigenvalue weighted by atomic mass is 32.2. The van der Waals surface area contributed by atoms with Crippen molar-refractivity contribution in [3.05, 3.63) is 77.7 Å². The maximum atomic E-state index is 12.8. The van der Waals surface area contributed by atoms with Gasteiger partial charge in [0, 0.05) is 28.3 Å². The second-order valence-corrected chi connectivity index (χ2v) is 9.59. The minimum Gasteiger partial charge on any atom is -0.493 e. The van der Waals surface area contributed by atoms with Crippen LogP contribution in [0.25, 0.3) is 21.8 Å². The summed E-state index contributed by atoms with van der Waals surface area (Å²) in [5, 5.41) is 2.96. The van der Waals surface area contributed by atoms with E-state index in [0.717, 1.165) is 21.8 Å². The van der Waals surface area contributed by atoms with E-state index in [1.807, 2.05) is 29.6 Å². The van der Waals surface area contributed by atoms with Crippen molar-refractivity contribution in [2.75, 3.05) is 18.9 Å². The van der Waals surface area contributed by atoms with E-state index < -0.39 is 10.0 Å². The fourth-order valence-corrected chi connectivity index (χ4v) is 5.24. The Morgan fingerprint density at radius 2 is 1.62 bits per heavy atom. The SMILES string of the molecule is COc1ccc(S(=O)(=O)Nc2ccc(-c3csc(-c4ccccc4C)n3)cc2)cc1OC. The highest BCUT2D eigenvalue weighted by Crippen LogP contribution is 2.32. The highest BCUT2D eigenvalue weighted by Gasteiger charge is 2.17. The normalized spacial score (nSPS) is 11.2. The molecular formula is C24H22N2O4S2. The summed E-state index contributed by atoms with van der Waals surface area (Å²) in [5.41, 5.74) is 4.51. The third-order valence-corrected chi connectivity index (χ3v) is 7.23. The van der Waals surface area contributed by atoms with Gasteiger partial charge in [-0.05, 0) is 36.8 Å². The summed E-state index contributed by atoms with van der Waals surface area (Å²) in [6.45, 7) is 2.07. The van der Waals surface area contributed by atoms with Gasteiger partial charge in [-0.2, -0.15) is 0 Å². The Morgan fingerprint density at radius 1 is 0.906 bits per heavy atom. The van der Waals surface area contributed by atoms with E-state index in [-0.39, 0.29) is 4.90 Å². The first-order chi connectivity index (χ1) is 15.4. The molecule has 8 heteroatoms. The van der Waals surface area contributed by atoms with E-state index in [1.54, 1.807) is 29.5 Å². The van der Waals surface area contributed by atoms with Gasteiger partial charge in [-0.25, -0.2) is 13.4 Å². The van der Waals surface area contributed by atoms with Gasteiger partial charge in [-0.3, -0.25) is 4.72 Å². The second kappa shape index (κ2) is 9.02. The van der Waals surface area contributed by atoms with Gasteiger partial charge in [0.1, 0.15) is 5.01 Å². The molecule has 1 heterocycles. The molecule has 0 bridgehead atoms. The predicted octanol–water partition coefficient (Wildman–Crippen LogP) is 5.60. The maximum Gasteiger partial charge on any atom is 0.262 e. The summed E-state index contributed by atoms with van der Waals surface area (Å²) in [5.74, 6) is 0.808. The fourth-order valence-electron chi connectivity index (χ4n) is 3.25. The van der Waals surface area contributed by atoms with Crippen LogP contribution in [0.5, 0.6) is 11.5 Å². The van der Waals surface area contributed by atoms with Crippen LogP contribution >= 0.6 is 11.3 Å². The van der Waals surface area contributed by atoms with Gasteiger partial charge in [-0.1, -0.05) is 36.4 Å². The molecule has 4 aromatic rings. The average Bonchev–Trinajstić information content (AvgIpc) is 3.29. The number of hydrogen-bond donors (Lipinski definition) is 1. The number of aromatic nitrogens is 1. The van der Waals surface area contributed by atoms with Crippen molar-refractivity contribution < 1.29 is 17.9 Å². The Hall–Kier alpha value is -3.36. The first-order valence-corrected chi connectivity index (χ1v) is 12.1. The highest BCUT2D eigenvalue weighted by molar-refractivity contribution is 7.92. The number of methoxy groups -OCH3 is 2. The van der Waals surface area contributed by atoms with E-state index in [2.05, 4.69) is 23.8 Å². The van der Waals surface area contributed by atoms with Gasteiger partial charge in [0.25, 0.3) is 10.0 Å². The Bertz CT molecular complexity index is 1350. The molecule has 0 fully saturated rings. The van der Waals surface area contributed by atoms with Gasteiger partial charge in [0.05, 0.1) is 24.8 Å². The summed E-state index contributed by atoms with van der Waals surface area (Å²) in [6.07, 6.45) is 0. The summed E-state index contributed by atoms with van der Waals surface area (Å²) in [7, 11) is -0.824. The lowest BCUT2D eigenvalue weighted by Gasteiger charge is -2.12. The number of benzene rings is 3. The Balaban J connectivity index is 1.54. The molecular weight excluding hydrogens is 444 g/mol. The van der Waals surface area contributed by atoms with Crippen molar-refractivity contribution in [2.45, 2.75) is 11.8 Å². The number of nitrogens with one attached hydrogen (secondary N) is 1. The molecule has 0 saturated heterocycles. The van der Waals surface area contributed by atoms with Crippen molar-refractivity contribution in [2.24, 2.45) is 0 Å². The fraction of sp³-hybridized carbons (Fsp3) is 0.125. The van der Waals surface area contributed by atoms with E-state index in [1.165, 1.54) is 31.9 Å². The average molecular weight is 467 g/mol. The lowest BCUT2D eigenvalue weighted by molar-refractivity contribution is 0.354. The zero-order valence-electron chi connectivity index (χ0n) is 17.8. The number of nitrogens with zero attached hydrogens (tertiary/aromatic N) is 1. The molecule has 0 atom stereocenters. The zero-order valence-corrected chi connectivity index (χ0v) is 19.5. The van der Waals surface area contributed by atoms with Gasteiger partial charge < -0.3 is 9.47 Å². The molecule has 0 radical (unpaired) electrons. The summed E-state index contributed by atoms with van der Waals surface area (Å²) < 4.78 is 38.6. The van der Waals surface area contributed by atoms with Crippen LogP contribution in [0.2, 0.25) is 0 Å². The molecule has 0 aliphatic carbocycles. The topological polar surface area (TPSA) is 77.5 Å². The van der Waals surface area contributed by atoms with Crippen LogP contribution in [-0.4, -0.2) is 27.6 Å². The molecule has 3 aromatic carbocycles. The van der Waals surface area contributed by atoms with Crippen LogP contribution in [0.3, 0.4) is 0 Å². The van der Waals surface area contributed by atoms with E-state index in [0.29, 0.717) is 17.2 Å². The first-order valence-electron chi connectivity index (χ1n) is 9.78. The number of thiazole rings is 1. The van der Waals surface area contributed by atoms with Crippen LogP contribution < -0.4 is 14.2 Å². The van der Waals surface area contributed by atoms with Crippen molar-refractivity contribution in [1.82, 2.24) is 4.98 Å². The summed E-state index contributed by atoms with van der Waals surface area (Å²) >= 11 is 1.58. The van der Waals surface area contributed by atoms with Crippen molar-refractivity contribution in [3.63, 3.8) is 0 Å². The van der Waals surface area contributed by atoms with Gasteiger partial charge in [0.15, 0.2) is 11.5 Å². The Labute approximate surface area is 191 Å². The molecule has 1 aromatic heterocycles. The molecule has 4 rings (SSSR count). The number of anilines is 1. The minimum absolute atomic E-state index is 0.0848. The molecule has 0 saturated carbocycles. The largest absolute Gasteiger partial charge is 0.493 e. The molecule has 0 unspecified atom stereocenters. The molecule has 164 valence electrons. The molecule has 32 heavy (non-hydrogen) atoms. The smallest absolute Gasteiger partial charge is 0.262 e. The van der Waals surface area contributed by atoms with Crippen molar-refractivity contribution in [1.29, 1.82) is 0 Å². The minimum atomic E-state index is -3.78. The van der Waals surface area contributed by atoms with Gasteiger partial charge in [-0.15, -0.1) is 11.3 Å². The molecule has 0 spiro atoms. The van der Waals surface area contributed by atoms with Gasteiger partial charge in [0.2, 0.25) is 0 Å².